The van der Waals surface area contributed by atoms with E-state index in [1.807, 2.05) is 6.07 Å². The molecule has 17 heavy (non-hydrogen) atoms. The summed E-state index contributed by atoms with van der Waals surface area (Å²) >= 11 is 5.89. The van der Waals surface area contributed by atoms with Gasteiger partial charge < -0.3 is 9.47 Å². The Morgan fingerprint density at radius 2 is 2.24 bits per heavy atom. The molecule has 1 aromatic carbocycles. The molecule has 0 spiro atoms. The van der Waals surface area contributed by atoms with Crippen LogP contribution in [0.5, 0.6) is 5.75 Å². The molecule has 5 heteroatoms. The average Bonchev–Trinajstić information content (AvgIpc) is 2.31. The first kappa shape index (κ1) is 13.3. The number of carbonyl (C=O) groups is 1. The van der Waals surface area contributed by atoms with Crippen molar-refractivity contribution in [3.05, 3.63) is 28.3 Å². The van der Waals surface area contributed by atoms with Crippen molar-refractivity contribution in [2.24, 2.45) is 0 Å². The molecule has 0 aliphatic rings. The second kappa shape index (κ2) is 6.12. The zero-order valence-corrected chi connectivity index (χ0v) is 10.4. The lowest BCUT2D eigenvalue weighted by Gasteiger charge is -2.09. The topological polar surface area (TPSA) is 59.3 Å². The van der Waals surface area contributed by atoms with Gasteiger partial charge in [-0.1, -0.05) is 17.7 Å². The molecule has 0 saturated carbocycles. The third kappa shape index (κ3) is 3.11. The Balaban J connectivity index is 3.09. The summed E-state index contributed by atoms with van der Waals surface area (Å²) in [6.07, 6.45) is 0.0320. The molecular formula is C12H12ClNO3. The van der Waals surface area contributed by atoms with Gasteiger partial charge in [0.1, 0.15) is 6.07 Å². The quantitative estimate of drug-likeness (QED) is 0.773. The molecule has 0 unspecified atom stereocenters. The highest BCUT2D eigenvalue weighted by Crippen LogP contribution is 2.30. The zero-order chi connectivity index (χ0) is 12.8. The van der Waals surface area contributed by atoms with Gasteiger partial charge in [0.15, 0.2) is 5.75 Å². The Morgan fingerprint density at radius 3 is 2.76 bits per heavy atom. The molecule has 4 nitrogen and oxygen atoms in total. The molecule has 0 radical (unpaired) electrons. The van der Waals surface area contributed by atoms with Crippen LogP contribution in [-0.4, -0.2) is 19.7 Å². The van der Waals surface area contributed by atoms with E-state index >= 15 is 0 Å². The predicted octanol–water partition coefficient (Wildman–Crippen LogP) is 2.33. The van der Waals surface area contributed by atoms with Crippen LogP contribution >= 0.6 is 11.6 Å². The number of hydrogen-bond donors (Lipinski definition) is 0. The summed E-state index contributed by atoms with van der Waals surface area (Å²) in [5.74, 6) is -0.0932. The van der Waals surface area contributed by atoms with Gasteiger partial charge in [0.25, 0.3) is 0 Å². The minimum atomic E-state index is -0.381. The largest absolute Gasteiger partial charge is 0.494 e. The molecule has 1 rings (SSSR count). The smallest absolute Gasteiger partial charge is 0.310 e. The highest BCUT2D eigenvalue weighted by atomic mass is 35.5. The minimum Gasteiger partial charge on any atom is -0.494 e. The SMILES string of the molecule is CCOC(=O)Cc1ccc(Cl)c(OC)c1C#N. The maximum atomic E-state index is 11.4. The summed E-state index contributed by atoms with van der Waals surface area (Å²) in [4.78, 5) is 11.4. The van der Waals surface area contributed by atoms with E-state index in [1.165, 1.54) is 7.11 Å². The Kier molecular flexibility index (Phi) is 4.80. The number of nitrogens with zero attached hydrogens (tertiary/aromatic N) is 1. The van der Waals surface area contributed by atoms with Crippen molar-refractivity contribution >= 4 is 17.6 Å². The maximum Gasteiger partial charge on any atom is 0.310 e. The van der Waals surface area contributed by atoms with Crippen molar-refractivity contribution in [1.29, 1.82) is 5.26 Å². The van der Waals surface area contributed by atoms with Crippen molar-refractivity contribution in [3.63, 3.8) is 0 Å². The van der Waals surface area contributed by atoms with E-state index < -0.39 is 0 Å². The first-order valence-electron chi connectivity index (χ1n) is 5.05. The van der Waals surface area contributed by atoms with E-state index in [0.717, 1.165) is 0 Å². The van der Waals surface area contributed by atoms with E-state index in [2.05, 4.69) is 0 Å². The van der Waals surface area contributed by atoms with E-state index in [1.54, 1.807) is 19.1 Å². The molecule has 0 saturated heterocycles. The maximum absolute atomic E-state index is 11.4. The van der Waals surface area contributed by atoms with Crippen LogP contribution in [0.15, 0.2) is 12.1 Å². The third-order valence-electron chi connectivity index (χ3n) is 2.15. The predicted molar refractivity (Wildman–Crippen MR) is 63.1 cm³/mol. The fourth-order valence-corrected chi connectivity index (χ4v) is 1.67. The van der Waals surface area contributed by atoms with Crippen molar-refractivity contribution in [2.45, 2.75) is 13.3 Å². The van der Waals surface area contributed by atoms with Gasteiger partial charge in [0, 0.05) is 0 Å². The average molecular weight is 254 g/mol. The van der Waals surface area contributed by atoms with E-state index in [4.69, 9.17) is 26.3 Å². The minimum absolute atomic E-state index is 0.0320. The second-order valence-corrected chi connectivity index (χ2v) is 3.62. The lowest BCUT2D eigenvalue weighted by Crippen LogP contribution is -2.09. The van der Waals surface area contributed by atoms with Gasteiger partial charge in [-0.05, 0) is 18.6 Å². The van der Waals surface area contributed by atoms with Crippen molar-refractivity contribution in [3.8, 4) is 11.8 Å². The fourth-order valence-electron chi connectivity index (χ4n) is 1.43. The molecule has 0 aliphatic carbocycles. The molecule has 0 aliphatic heterocycles. The summed E-state index contributed by atoms with van der Waals surface area (Å²) < 4.78 is 9.87. The number of hydrogen-bond acceptors (Lipinski definition) is 4. The number of esters is 1. The van der Waals surface area contributed by atoms with Gasteiger partial charge in [-0.2, -0.15) is 5.26 Å². The first-order chi connectivity index (χ1) is 8.13. The number of methoxy groups -OCH3 is 1. The molecule has 0 aromatic heterocycles. The normalized spacial score (nSPS) is 9.53. The van der Waals surface area contributed by atoms with E-state index in [-0.39, 0.29) is 23.7 Å². The van der Waals surface area contributed by atoms with Gasteiger partial charge in [-0.25, -0.2) is 0 Å². The van der Waals surface area contributed by atoms with Crippen molar-refractivity contribution < 1.29 is 14.3 Å². The molecule has 0 atom stereocenters. The monoisotopic (exact) mass is 253 g/mol. The lowest BCUT2D eigenvalue weighted by molar-refractivity contribution is -0.142. The van der Waals surface area contributed by atoms with Crippen molar-refractivity contribution in [1.82, 2.24) is 0 Å². The first-order valence-corrected chi connectivity index (χ1v) is 5.42. The van der Waals surface area contributed by atoms with Gasteiger partial charge in [0.05, 0.1) is 30.7 Å². The number of rotatable bonds is 4. The number of carbonyl (C=O) groups excluding carboxylic acids is 1. The van der Waals surface area contributed by atoms with Gasteiger partial charge in [0.2, 0.25) is 0 Å². The molecule has 0 amide bonds. The molecule has 0 heterocycles. The number of ether oxygens (including phenoxy) is 2. The standard InChI is InChI=1S/C12H12ClNO3/c1-3-17-11(15)6-8-4-5-10(13)12(16-2)9(8)7-14/h4-5H,3,6H2,1-2H3. The molecule has 90 valence electrons. The van der Waals surface area contributed by atoms with Gasteiger partial charge in [-0.15, -0.1) is 0 Å². The Labute approximate surface area is 105 Å². The Morgan fingerprint density at radius 1 is 1.53 bits per heavy atom. The highest BCUT2D eigenvalue weighted by Gasteiger charge is 2.15. The van der Waals surface area contributed by atoms with E-state index in [9.17, 15) is 4.79 Å². The van der Waals surface area contributed by atoms with Crippen LogP contribution in [0, 0.1) is 11.3 Å². The van der Waals surface area contributed by atoms with Crippen LogP contribution in [-0.2, 0) is 16.0 Å². The Bertz CT molecular complexity index is 466. The van der Waals surface area contributed by atoms with Crippen LogP contribution in [0.2, 0.25) is 5.02 Å². The number of nitriles is 1. The number of benzene rings is 1. The van der Waals surface area contributed by atoms with E-state index in [0.29, 0.717) is 17.2 Å². The summed E-state index contributed by atoms with van der Waals surface area (Å²) in [6.45, 7) is 2.04. The van der Waals surface area contributed by atoms with Gasteiger partial charge in [-0.3, -0.25) is 4.79 Å². The Hall–Kier alpha value is -1.73. The molecule has 1 aromatic rings. The lowest BCUT2D eigenvalue weighted by atomic mass is 10.0. The van der Waals surface area contributed by atoms with Gasteiger partial charge >= 0.3 is 5.97 Å². The number of halogens is 1. The molecule has 0 N–H and O–H groups in total. The van der Waals surface area contributed by atoms with Crippen LogP contribution in [0.25, 0.3) is 0 Å². The summed E-state index contributed by atoms with van der Waals surface area (Å²) in [7, 11) is 1.43. The highest BCUT2D eigenvalue weighted by molar-refractivity contribution is 6.32. The molecular weight excluding hydrogens is 242 g/mol. The third-order valence-corrected chi connectivity index (χ3v) is 2.45. The zero-order valence-electron chi connectivity index (χ0n) is 9.62. The van der Waals surface area contributed by atoms with Crippen LogP contribution < -0.4 is 4.74 Å². The molecule has 0 bridgehead atoms. The summed E-state index contributed by atoms with van der Waals surface area (Å²) in [6, 6.07) is 5.20. The second-order valence-electron chi connectivity index (χ2n) is 3.21. The van der Waals surface area contributed by atoms with Crippen LogP contribution in [0.3, 0.4) is 0 Å². The fraction of sp³-hybridized carbons (Fsp3) is 0.333. The summed E-state index contributed by atoms with van der Waals surface area (Å²) in [5.41, 5.74) is 0.820. The summed E-state index contributed by atoms with van der Waals surface area (Å²) in [5, 5.41) is 9.40. The van der Waals surface area contributed by atoms with Crippen LogP contribution in [0.1, 0.15) is 18.1 Å². The molecule has 0 fully saturated rings. The van der Waals surface area contributed by atoms with Crippen LogP contribution in [0.4, 0.5) is 0 Å². The van der Waals surface area contributed by atoms with Crippen molar-refractivity contribution in [2.75, 3.05) is 13.7 Å².